The van der Waals surface area contributed by atoms with Crippen molar-refractivity contribution < 1.29 is 23.9 Å². The molecule has 1 aromatic heterocycles. The number of phenolic OH excluding ortho intramolecular Hbond substituents is 1. The molecule has 0 amide bonds. The SMILES string of the molecule is COc1cc2c(Oc3ccc([N+](=O)[O-])cc3F)c[c]nc2cc1O. The molecule has 0 aliphatic carbocycles. The number of nitro groups is 1. The Morgan fingerprint density at radius 1 is 1.25 bits per heavy atom. The Morgan fingerprint density at radius 3 is 2.71 bits per heavy atom. The first-order chi connectivity index (χ1) is 11.5. The number of non-ortho nitro benzene ring substituents is 1. The van der Waals surface area contributed by atoms with Crippen LogP contribution in [0.1, 0.15) is 0 Å². The van der Waals surface area contributed by atoms with Crippen molar-refractivity contribution in [3.05, 3.63) is 58.5 Å². The van der Waals surface area contributed by atoms with Crippen LogP contribution in [0.4, 0.5) is 10.1 Å². The molecule has 1 radical (unpaired) electrons. The zero-order valence-electron chi connectivity index (χ0n) is 12.3. The molecule has 0 unspecified atom stereocenters. The zero-order chi connectivity index (χ0) is 17.3. The Labute approximate surface area is 135 Å². The van der Waals surface area contributed by atoms with Gasteiger partial charge in [0.15, 0.2) is 23.1 Å². The number of aromatic nitrogens is 1. The second-order valence-electron chi connectivity index (χ2n) is 4.76. The Morgan fingerprint density at radius 2 is 2.04 bits per heavy atom. The molecule has 8 heteroatoms. The van der Waals surface area contributed by atoms with Gasteiger partial charge in [0.05, 0.1) is 29.8 Å². The van der Waals surface area contributed by atoms with E-state index in [4.69, 9.17) is 9.47 Å². The van der Waals surface area contributed by atoms with Crippen molar-refractivity contribution in [1.29, 1.82) is 0 Å². The quantitative estimate of drug-likeness (QED) is 0.580. The van der Waals surface area contributed by atoms with Gasteiger partial charge in [-0.3, -0.25) is 10.1 Å². The van der Waals surface area contributed by atoms with Crippen LogP contribution in [0, 0.1) is 22.1 Å². The summed E-state index contributed by atoms with van der Waals surface area (Å²) in [4.78, 5) is 13.9. The molecule has 0 fully saturated rings. The number of nitro benzene ring substituents is 1. The van der Waals surface area contributed by atoms with Crippen molar-refractivity contribution in [3.8, 4) is 23.0 Å². The van der Waals surface area contributed by atoms with E-state index >= 15 is 0 Å². The topological polar surface area (TPSA) is 94.7 Å². The van der Waals surface area contributed by atoms with E-state index in [-0.39, 0.29) is 28.7 Å². The van der Waals surface area contributed by atoms with Gasteiger partial charge in [-0.15, -0.1) is 0 Å². The highest BCUT2D eigenvalue weighted by molar-refractivity contribution is 5.88. The molecule has 0 aliphatic heterocycles. The predicted octanol–water partition coefficient (Wildman–Crippen LogP) is 3.59. The van der Waals surface area contributed by atoms with Gasteiger partial charge < -0.3 is 14.6 Å². The highest BCUT2D eigenvalue weighted by atomic mass is 19.1. The van der Waals surface area contributed by atoms with Gasteiger partial charge in [-0.1, -0.05) is 0 Å². The largest absolute Gasteiger partial charge is 0.504 e. The van der Waals surface area contributed by atoms with E-state index in [1.165, 1.54) is 25.3 Å². The van der Waals surface area contributed by atoms with E-state index in [0.717, 1.165) is 18.2 Å². The molecule has 0 saturated heterocycles. The second-order valence-corrected chi connectivity index (χ2v) is 4.76. The molecule has 1 N–H and O–H groups in total. The number of ether oxygens (including phenoxy) is 2. The second kappa shape index (κ2) is 5.99. The first-order valence-electron chi connectivity index (χ1n) is 6.69. The van der Waals surface area contributed by atoms with Crippen LogP contribution in [0.15, 0.2) is 36.4 Å². The molecule has 0 bridgehead atoms. The number of hydrogen-bond donors (Lipinski definition) is 1. The van der Waals surface area contributed by atoms with Crippen LogP contribution in [0.5, 0.6) is 23.0 Å². The monoisotopic (exact) mass is 329 g/mol. The highest BCUT2D eigenvalue weighted by Gasteiger charge is 2.15. The van der Waals surface area contributed by atoms with Crippen molar-refractivity contribution in [2.24, 2.45) is 0 Å². The van der Waals surface area contributed by atoms with Gasteiger partial charge in [0, 0.05) is 23.6 Å². The van der Waals surface area contributed by atoms with E-state index in [2.05, 4.69) is 11.2 Å². The smallest absolute Gasteiger partial charge is 0.272 e. The van der Waals surface area contributed by atoms with Crippen LogP contribution in [-0.2, 0) is 0 Å². The Bertz CT molecular complexity index is 945. The third kappa shape index (κ3) is 2.76. The average molecular weight is 329 g/mol. The Hall–Kier alpha value is -3.42. The van der Waals surface area contributed by atoms with E-state index in [1.807, 2.05) is 0 Å². The molecular formula is C16H10FN2O5. The number of rotatable bonds is 4. The number of aromatic hydroxyl groups is 1. The summed E-state index contributed by atoms with van der Waals surface area (Å²) in [6, 6.07) is 7.32. The third-order valence-electron chi connectivity index (χ3n) is 3.29. The van der Waals surface area contributed by atoms with Gasteiger partial charge in [0.1, 0.15) is 5.75 Å². The number of pyridine rings is 1. The van der Waals surface area contributed by atoms with Crippen LogP contribution in [0.2, 0.25) is 0 Å². The fourth-order valence-electron chi connectivity index (χ4n) is 2.14. The molecule has 3 aromatic rings. The first kappa shape index (κ1) is 15.5. The van der Waals surface area contributed by atoms with E-state index in [1.54, 1.807) is 0 Å². The standard InChI is InChI=1S/C16H10FN2O5/c1-23-16-7-10-12(8-13(16)20)18-5-4-14(10)24-15-3-2-9(19(21)22)6-11(15)17/h2-4,6-8,20H,1H3. The van der Waals surface area contributed by atoms with Crippen molar-refractivity contribution >= 4 is 16.6 Å². The number of halogens is 1. The van der Waals surface area contributed by atoms with Gasteiger partial charge in [0.2, 0.25) is 0 Å². The molecule has 1 heterocycles. The summed E-state index contributed by atoms with van der Waals surface area (Å²) in [5.74, 6) is -0.756. The van der Waals surface area contributed by atoms with Crippen molar-refractivity contribution in [3.63, 3.8) is 0 Å². The molecular weight excluding hydrogens is 319 g/mol. The minimum atomic E-state index is -0.875. The fourth-order valence-corrected chi connectivity index (χ4v) is 2.14. The lowest BCUT2D eigenvalue weighted by molar-refractivity contribution is -0.385. The Kier molecular flexibility index (Phi) is 3.87. The molecule has 0 spiro atoms. The molecule has 121 valence electrons. The van der Waals surface area contributed by atoms with E-state index in [0.29, 0.717) is 10.9 Å². The normalized spacial score (nSPS) is 10.6. The average Bonchev–Trinajstić information content (AvgIpc) is 2.56. The lowest BCUT2D eigenvalue weighted by atomic mass is 10.2. The summed E-state index contributed by atoms with van der Waals surface area (Å²) < 4.78 is 24.5. The lowest BCUT2D eigenvalue weighted by Crippen LogP contribution is -1.94. The number of nitrogens with zero attached hydrogens (tertiary/aromatic N) is 2. The predicted molar refractivity (Wildman–Crippen MR) is 81.9 cm³/mol. The minimum Gasteiger partial charge on any atom is -0.504 e. The van der Waals surface area contributed by atoms with E-state index < -0.39 is 10.7 Å². The van der Waals surface area contributed by atoms with Crippen molar-refractivity contribution in [2.75, 3.05) is 7.11 Å². The number of hydrogen-bond acceptors (Lipinski definition) is 6. The molecule has 24 heavy (non-hydrogen) atoms. The highest BCUT2D eigenvalue weighted by Crippen LogP contribution is 2.37. The molecule has 0 aliphatic rings. The number of phenols is 1. The minimum absolute atomic E-state index is 0.107. The van der Waals surface area contributed by atoms with Gasteiger partial charge in [-0.05, 0) is 12.1 Å². The molecule has 3 rings (SSSR count). The van der Waals surface area contributed by atoms with Crippen LogP contribution in [-0.4, -0.2) is 22.1 Å². The number of fused-ring (bicyclic) bond motifs is 1. The van der Waals surface area contributed by atoms with Crippen LogP contribution in [0.3, 0.4) is 0 Å². The third-order valence-corrected chi connectivity index (χ3v) is 3.29. The van der Waals surface area contributed by atoms with Crippen molar-refractivity contribution in [2.45, 2.75) is 0 Å². The summed E-state index contributed by atoms with van der Waals surface area (Å²) in [5.41, 5.74) is -0.00860. The van der Waals surface area contributed by atoms with E-state index in [9.17, 15) is 19.6 Å². The summed E-state index contributed by atoms with van der Waals surface area (Å²) in [6.07, 6.45) is 2.58. The number of methoxy groups -OCH3 is 1. The maximum absolute atomic E-state index is 14.0. The lowest BCUT2D eigenvalue weighted by Gasteiger charge is -2.11. The molecule has 7 nitrogen and oxygen atoms in total. The maximum Gasteiger partial charge on any atom is 0.272 e. The molecule has 2 aromatic carbocycles. The van der Waals surface area contributed by atoms with Crippen LogP contribution >= 0.6 is 0 Å². The number of benzene rings is 2. The summed E-state index contributed by atoms with van der Waals surface area (Å²) >= 11 is 0. The summed E-state index contributed by atoms with van der Waals surface area (Å²) in [7, 11) is 1.39. The Balaban J connectivity index is 2.05. The molecule has 0 saturated carbocycles. The maximum atomic E-state index is 14.0. The zero-order valence-corrected chi connectivity index (χ0v) is 12.3. The van der Waals surface area contributed by atoms with Crippen LogP contribution in [0.25, 0.3) is 10.9 Å². The fraction of sp³-hybridized carbons (Fsp3) is 0.0625. The van der Waals surface area contributed by atoms with Crippen molar-refractivity contribution in [1.82, 2.24) is 4.98 Å². The van der Waals surface area contributed by atoms with Gasteiger partial charge in [-0.2, -0.15) is 0 Å². The van der Waals surface area contributed by atoms with Gasteiger partial charge in [0.25, 0.3) is 5.69 Å². The summed E-state index contributed by atoms with van der Waals surface area (Å²) in [6.45, 7) is 0. The van der Waals surface area contributed by atoms with Gasteiger partial charge in [-0.25, -0.2) is 9.37 Å². The van der Waals surface area contributed by atoms with Gasteiger partial charge >= 0.3 is 0 Å². The summed E-state index contributed by atoms with van der Waals surface area (Å²) in [5, 5.41) is 20.9. The van der Waals surface area contributed by atoms with Crippen LogP contribution < -0.4 is 9.47 Å². The molecule has 0 atom stereocenters. The first-order valence-corrected chi connectivity index (χ1v) is 6.69.